The summed E-state index contributed by atoms with van der Waals surface area (Å²) in [5.41, 5.74) is 6.58. The van der Waals surface area contributed by atoms with Gasteiger partial charge in [-0.05, 0) is 65.9 Å². The molecule has 0 aliphatic rings. The lowest BCUT2D eigenvalue weighted by molar-refractivity contribution is -0.120. The van der Waals surface area contributed by atoms with Crippen LogP contribution >= 0.6 is 11.6 Å². The van der Waals surface area contributed by atoms with E-state index in [1.807, 2.05) is 73.7 Å². The van der Waals surface area contributed by atoms with E-state index in [1.54, 1.807) is 6.21 Å². The molecule has 32 heavy (non-hydrogen) atoms. The molecule has 0 fully saturated rings. The summed E-state index contributed by atoms with van der Waals surface area (Å²) in [6.45, 7) is 4.92. The number of amides is 1. The fourth-order valence-electron chi connectivity index (χ4n) is 3.03. The van der Waals surface area contributed by atoms with E-state index in [0.717, 1.165) is 23.1 Å². The molecule has 166 valence electrons. The molecule has 0 saturated heterocycles. The zero-order valence-electron chi connectivity index (χ0n) is 18.3. The molecule has 3 aromatic rings. The summed E-state index contributed by atoms with van der Waals surface area (Å²) < 4.78 is 11.6. The number of aryl methyl sites for hydroxylation is 1. The standard InChI is InChI=1S/C26H27ClN2O3/c1-3-19-5-7-20(8-6-19)16-26(30)29-28-17-22-11-14-24(25(15-22)31-4-2)32-18-21-9-12-23(27)13-10-21/h5-15,17H,3-4,16,18H2,1-2H3,(H,29,30)/b28-17+. The number of ether oxygens (including phenoxy) is 2. The van der Waals surface area contributed by atoms with E-state index in [9.17, 15) is 4.79 Å². The molecule has 0 heterocycles. The van der Waals surface area contributed by atoms with Crippen LogP contribution in [0.4, 0.5) is 0 Å². The molecule has 6 heteroatoms. The minimum atomic E-state index is -0.168. The topological polar surface area (TPSA) is 59.9 Å². The van der Waals surface area contributed by atoms with Crippen LogP contribution < -0.4 is 14.9 Å². The number of carbonyl (C=O) groups is 1. The second kappa shape index (κ2) is 11.9. The average Bonchev–Trinajstić information content (AvgIpc) is 2.80. The highest BCUT2D eigenvalue weighted by atomic mass is 35.5. The summed E-state index contributed by atoms with van der Waals surface area (Å²) in [4.78, 5) is 12.1. The van der Waals surface area contributed by atoms with Gasteiger partial charge in [0.05, 0.1) is 19.2 Å². The van der Waals surface area contributed by atoms with Crippen molar-refractivity contribution in [3.63, 3.8) is 0 Å². The van der Waals surface area contributed by atoms with Crippen molar-refractivity contribution in [3.05, 3.63) is 94.0 Å². The number of hydrogen-bond donors (Lipinski definition) is 1. The Morgan fingerprint density at radius 1 is 0.906 bits per heavy atom. The second-order valence-corrected chi connectivity index (χ2v) is 7.63. The molecule has 1 amide bonds. The number of hydrazone groups is 1. The van der Waals surface area contributed by atoms with E-state index in [-0.39, 0.29) is 12.3 Å². The highest BCUT2D eigenvalue weighted by molar-refractivity contribution is 6.30. The molecule has 3 aromatic carbocycles. The maximum atomic E-state index is 12.1. The Morgan fingerprint density at radius 3 is 2.28 bits per heavy atom. The predicted octanol–water partition coefficient (Wildman–Crippen LogP) is 5.57. The second-order valence-electron chi connectivity index (χ2n) is 7.19. The Labute approximate surface area is 194 Å². The predicted molar refractivity (Wildman–Crippen MR) is 129 cm³/mol. The van der Waals surface area contributed by atoms with Crippen LogP contribution in [0.3, 0.4) is 0 Å². The van der Waals surface area contributed by atoms with Crippen LogP contribution in [-0.4, -0.2) is 18.7 Å². The first-order valence-electron chi connectivity index (χ1n) is 10.6. The summed E-state index contributed by atoms with van der Waals surface area (Å²) in [6.07, 6.45) is 2.85. The zero-order valence-corrected chi connectivity index (χ0v) is 19.1. The Morgan fingerprint density at radius 2 is 1.59 bits per heavy atom. The molecule has 1 N–H and O–H groups in total. The van der Waals surface area contributed by atoms with Gasteiger partial charge in [0.1, 0.15) is 6.61 Å². The van der Waals surface area contributed by atoms with Crippen LogP contribution in [-0.2, 0) is 24.2 Å². The number of rotatable bonds is 10. The van der Waals surface area contributed by atoms with Crippen molar-refractivity contribution in [1.29, 1.82) is 0 Å². The minimum absolute atomic E-state index is 0.168. The zero-order chi connectivity index (χ0) is 22.8. The van der Waals surface area contributed by atoms with Crippen LogP contribution in [0.5, 0.6) is 11.5 Å². The van der Waals surface area contributed by atoms with Crippen LogP contribution in [0.2, 0.25) is 5.02 Å². The summed E-state index contributed by atoms with van der Waals surface area (Å²) >= 11 is 5.93. The van der Waals surface area contributed by atoms with Crippen molar-refractivity contribution in [2.75, 3.05) is 6.61 Å². The summed E-state index contributed by atoms with van der Waals surface area (Å²) in [5, 5.41) is 4.76. The first-order chi connectivity index (χ1) is 15.6. The quantitative estimate of drug-likeness (QED) is 0.324. The van der Waals surface area contributed by atoms with Gasteiger partial charge < -0.3 is 9.47 Å². The van der Waals surface area contributed by atoms with E-state index < -0.39 is 0 Å². The maximum absolute atomic E-state index is 12.1. The molecule has 0 aromatic heterocycles. The van der Waals surface area contributed by atoms with Crippen LogP contribution in [0.25, 0.3) is 0 Å². The van der Waals surface area contributed by atoms with Crippen LogP contribution in [0, 0.1) is 0 Å². The molecule has 0 saturated carbocycles. The Hall–Kier alpha value is -3.31. The molecule has 0 atom stereocenters. The number of carbonyl (C=O) groups excluding carboxylic acids is 1. The first-order valence-corrected chi connectivity index (χ1v) is 11.0. The lowest BCUT2D eigenvalue weighted by Crippen LogP contribution is -2.19. The minimum Gasteiger partial charge on any atom is -0.490 e. The summed E-state index contributed by atoms with van der Waals surface area (Å²) in [6, 6.07) is 21.1. The number of nitrogens with one attached hydrogen (secondary N) is 1. The molecule has 0 radical (unpaired) electrons. The van der Waals surface area contributed by atoms with Crippen molar-refractivity contribution >= 4 is 23.7 Å². The molecule has 5 nitrogen and oxygen atoms in total. The van der Waals surface area contributed by atoms with Gasteiger partial charge >= 0.3 is 0 Å². The lowest BCUT2D eigenvalue weighted by Gasteiger charge is -2.12. The Bertz CT molecular complexity index is 1050. The van der Waals surface area contributed by atoms with Gasteiger partial charge in [0.2, 0.25) is 5.91 Å². The van der Waals surface area contributed by atoms with Gasteiger partial charge in [-0.15, -0.1) is 0 Å². The lowest BCUT2D eigenvalue weighted by atomic mass is 10.1. The van der Waals surface area contributed by atoms with Crippen LogP contribution in [0.1, 0.15) is 36.1 Å². The summed E-state index contributed by atoms with van der Waals surface area (Å²) in [5.74, 6) is 1.09. The Balaban J connectivity index is 1.57. The normalized spacial score (nSPS) is 10.8. The third-order valence-electron chi connectivity index (χ3n) is 4.77. The monoisotopic (exact) mass is 450 g/mol. The highest BCUT2D eigenvalue weighted by Gasteiger charge is 2.07. The van der Waals surface area contributed by atoms with E-state index in [4.69, 9.17) is 21.1 Å². The fraction of sp³-hybridized carbons (Fsp3) is 0.231. The third kappa shape index (κ3) is 7.13. The molecule has 0 bridgehead atoms. The first kappa shape index (κ1) is 23.4. The van der Waals surface area contributed by atoms with E-state index in [1.165, 1.54) is 5.56 Å². The smallest absolute Gasteiger partial charge is 0.244 e. The van der Waals surface area contributed by atoms with Crippen LogP contribution in [0.15, 0.2) is 71.8 Å². The van der Waals surface area contributed by atoms with Crippen molar-refractivity contribution in [1.82, 2.24) is 5.43 Å². The number of nitrogens with zero attached hydrogens (tertiary/aromatic N) is 1. The maximum Gasteiger partial charge on any atom is 0.244 e. The molecule has 0 spiro atoms. The largest absolute Gasteiger partial charge is 0.490 e. The van der Waals surface area contributed by atoms with E-state index in [2.05, 4.69) is 17.5 Å². The SMILES string of the molecule is CCOc1cc(/C=N/NC(=O)Cc2ccc(CC)cc2)ccc1OCc1ccc(Cl)cc1. The highest BCUT2D eigenvalue weighted by Crippen LogP contribution is 2.29. The number of halogens is 1. The molecule has 0 aliphatic heterocycles. The average molecular weight is 451 g/mol. The molecule has 0 unspecified atom stereocenters. The molecular weight excluding hydrogens is 424 g/mol. The van der Waals surface area contributed by atoms with Crippen molar-refractivity contribution in [2.24, 2.45) is 5.10 Å². The molecular formula is C26H27ClN2O3. The van der Waals surface area contributed by atoms with Gasteiger partial charge in [-0.25, -0.2) is 5.43 Å². The third-order valence-corrected chi connectivity index (χ3v) is 5.03. The van der Waals surface area contributed by atoms with Crippen molar-refractivity contribution < 1.29 is 14.3 Å². The molecule has 0 aliphatic carbocycles. The van der Waals surface area contributed by atoms with Gasteiger partial charge in [0.15, 0.2) is 11.5 Å². The van der Waals surface area contributed by atoms with E-state index >= 15 is 0 Å². The van der Waals surface area contributed by atoms with Gasteiger partial charge in [-0.1, -0.05) is 54.9 Å². The van der Waals surface area contributed by atoms with Gasteiger partial charge in [-0.2, -0.15) is 5.10 Å². The van der Waals surface area contributed by atoms with Gasteiger partial charge in [-0.3, -0.25) is 4.79 Å². The fourth-order valence-corrected chi connectivity index (χ4v) is 3.16. The van der Waals surface area contributed by atoms with Gasteiger partial charge in [0.25, 0.3) is 0 Å². The Kier molecular flexibility index (Phi) is 8.70. The number of hydrogen-bond acceptors (Lipinski definition) is 4. The van der Waals surface area contributed by atoms with E-state index in [0.29, 0.717) is 29.7 Å². The summed E-state index contributed by atoms with van der Waals surface area (Å²) in [7, 11) is 0. The van der Waals surface area contributed by atoms with Gasteiger partial charge in [0, 0.05) is 5.02 Å². The van der Waals surface area contributed by atoms with Crippen molar-refractivity contribution in [2.45, 2.75) is 33.3 Å². The number of benzene rings is 3. The van der Waals surface area contributed by atoms with Crippen molar-refractivity contribution in [3.8, 4) is 11.5 Å². The molecule has 3 rings (SSSR count).